The van der Waals surface area contributed by atoms with Crippen LogP contribution in [-0.2, 0) is 0 Å². The van der Waals surface area contributed by atoms with E-state index in [0.29, 0.717) is 5.82 Å². The summed E-state index contributed by atoms with van der Waals surface area (Å²) in [7, 11) is 0. The minimum atomic E-state index is -1.12. The van der Waals surface area contributed by atoms with Crippen molar-refractivity contribution in [2.45, 2.75) is 9.79 Å². The molecule has 0 fully saturated rings. The Morgan fingerprint density at radius 3 is 2.75 bits per heavy atom. The number of carboxylic acid groups (broad SMARTS) is 1. The fourth-order valence-electron chi connectivity index (χ4n) is 1.85. The number of amides is 1. The van der Waals surface area contributed by atoms with Crippen LogP contribution in [0.15, 0.2) is 64.6 Å². The van der Waals surface area contributed by atoms with Crippen molar-refractivity contribution in [2.24, 2.45) is 0 Å². The molecule has 1 amide bonds. The second-order valence-corrected chi connectivity index (χ2v) is 5.19. The molecule has 3 aromatic rings. The lowest BCUT2D eigenvalue weighted by Gasteiger charge is -2.02. The molecule has 6 heteroatoms. The average molecular weight is 285 g/mol. The number of imidazole rings is 1. The fraction of sp³-hybridized carbons (Fsp3) is 0. The zero-order valence-electron chi connectivity index (χ0n) is 10.4. The van der Waals surface area contributed by atoms with Crippen LogP contribution in [-0.4, -0.2) is 20.6 Å². The molecular formula is C14H11N3O2S. The van der Waals surface area contributed by atoms with Gasteiger partial charge in [-0.3, -0.25) is 5.32 Å². The van der Waals surface area contributed by atoms with Gasteiger partial charge in [0.2, 0.25) is 0 Å². The van der Waals surface area contributed by atoms with Crippen molar-refractivity contribution in [1.29, 1.82) is 0 Å². The molecule has 0 bridgehead atoms. The molecule has 0 radical (unpaired) electrons. The van der Waals surface area contributed by atoms with Gasteiger partial charge in [0.05, 0.1) is 11.1 Å². The smallest absolute Gasteiger partial charge is 0.410 e. The molecule has 0 saturated heterocycles. The molecule has 0 aliphatic heterocycles. The molecule has 2 aromatic heterocycles. The van der Waals surface area contributed by atoms with E-state index < -0.39 is 6.09 Å². The minimum Gasteiger partial charge on any atom is -0.465 e. The van der Waals surface area contributed by atoms with Crippen molar-refractivity contribution in [3.8, 4) is 0 Å². The van der Waals surface area contributed by atoms with Gasteiger partial charge in [-0.05, 0) is 24.3 Å². The number of benzene rings is 1. The third-order valence-electron chi connectivity index (χ3n) is 2.65. The molecule has 0 aliphatic rings. The van der Waals surface area contributed by atoms with Gasteiger partial charge in [-0.1, -0.05) is 30.0 Å². The van der Waals surface area contributed by atoms with E-state index in [1.54, 1.807) is 22.4 Å². The predicted octanol–water partition coefficient (Wildman–Crippen LogP) is 3.58. The van der Waals surface area contributed by atoms with Gasteiger partial charge in [-0.2, -0.15) is 0 Å². The van der Waals surface area contributed by atoms with Crippen LogP contribution in [0.2, 0.25) is 0 Å². The number of aromatic nitrogens is 2. The number of fused-ring (bicyclic) bond motifs is 1. The van der Waals surface area contributed by atoms with Gasteiger partial charge in [0.25, 0.3) is 0 Å². The molecule has 20 heavy (non-hydrogen) atoms. The van der Waals surface area contributed by atoms with E-state index in [1.165, 1.54) is 0 Å². The Hall–Kier alpha value is -2.47. The van der Waals surface area contributed by atoms with E-state index in [-0.39, 0.29) is 0 Å². The maximum Gasteiger partial charge on any atom is 0.410 e. The third kappa shape index (κ3) is 2.60. The van der Waals surface area contributed by atoms with Crippen LogP contribution < -0.4 is 5.32 Å². The van der Waals surface area contributed by atoms with E-state index >= 15 is 0 Å². The van der Waals surface area contributed by atoms with Crippen molar-refractivity contribution >= 4 is 29.3 Å². The SMILES string of the molecule is O=C(O)Nc1cn2cccc(Sc3ccccc3)c2n1. The van der Waals surface area contributed by atoms with Gasteiger partial charge in [-0.15, -0.1) is 0 Å². The highest BCUT2D eigenvalue weighted by molar-refractivity contribution is 7.99. The van der Waals surface area contributed by atoms with Crippen LogP contribution in [0.4, 0.5) is 10.6 Å². The summed E-state index contributed by atoms with van der Waals surface area (Å²) in [6.07, 6.45) is 2.37. The van der Waals surface area contributed by atoms with E-state index in [1.807, 2.05) is 48.7 Å². The highest BCUT2D eigenvalue weighted by Crippen LogP contribution is 2.30. The monoisotopic (exact) mass is 285 g/mol. The molecule has 1 aromatic carbocycles. The zero-order chi connectivity index (χ0) is 13.9. The number of anilines is 1. The molecular weight excluding hydrogens is 274 g/mol. The number of carbonyl (C=O) groups is 1. The summed E-state index contributed by atoms with van der Waals surface area (Å²) < 4.78 is 1.80. The quantitative estimate of drug-likeness (QED) is 0.772. The van der Waals surface area contributed by atoms with E-state index in [0.717, 1.165) is 15.4 Å². The summed E-state index contributed by atoms with van der Waals surface area (Å²) in [6.45, 7) is 0. The van der Waals surface area contributed by atoms with Crippen LogP contribution in [0.25, 0.3) is 5.65 Å². The van der Waals surface area contributed by atoms with Crippen LogP contribution in [0, 0.1) is 0 Å². The summed E-state index contributed by atoms with van der Waals surface area (Å²) in [5, 5.41) is 11.0. The van der Waals surface area contributed by atoms with Crippen molar-refractivity contribution in [1.82, 2.24) is 9.38 Å². The Balaban J connectivity index is 1.98. The highest BCUT2D eigenvalue weighted by Gasteiger charge is 2.09. The molecule has 0 unspecified atom stereocenters. The van der Waals surface area contributed by atoms with Gasteiger partial charge >= 0.3 is 6.09 Å². The number of pyridine rings is 1. The number of hydrogen-bond donors (Lipinski definition) is 2. The second-order valence-electron chi connectivity index (χ2n) is 4.07. The first kappa shape index (κ1) is 12.6. The van der Waals surface area contributed by atoms with Gasteiger partial charge in [-0.25, -0.2) is 9.78 Å². The molecule has 5 nitrogen and oxygen atoms in total. The summed E-state index contributed by atoms with van der Waals surface area (Å²) >= 11 is 1.59. The first-order valence-corrected chi connectivity index (χ1v) is 6.74. The molecule has 0 atom stereocenters. The van der Waals surface area contributed by atoms with Crippen molar-refractivity contribution in [2.75, 3.05) is 5.32 Å². The van der Waals surface area contributed by atoms with Gasteiger partial charge < -0.3 is 9.51 Å². The molecule has 0 aliphatic carbocycles. The van der Waals surface area contributed by atoms with E-state index in [9.17, 15) is 4.79 Å². The second kappa shape index (κ2) is 5.26. The van der Waals surface area contributed by atoms with Crippen LogP contribution in [0.3, 0.4) is 0 Å². The first-order chi connectivity index (χ1) is 9.72. The normalized spacial score (nSPS) is 10.6. The predicted molar refractivity (Wildman–Crippen MR) is 77.4 cm³/mol. The topological polar surface area (TPSA) is 66.6 Å². The molecule has 0 spiro atoms. The van der Waals surface area contributed by atoms with Gasteiger partial charge in [0.1, 0.15) is 0 Å². The molecule has 2 N–H and O–H groups in total. The molecule has 100 valence electrons. The Bertz CT molecular complexity index is 755. The highest BCUT2D eigenvalue weighted by atomic mass is 32.2. The standard InChI is InChI=1S/C14H11N3O2S/c18-14(19)16-12-9-17-8-4-7-11(13(17)15-12)20-10-5-2-1-3-6-10/h1-9,16H,(H,18,19). The van der Waals surface area contributed by atoms with Crippen LogP contribution in [0.5, 0.6) is 0 Å². The lowest BCUT2D eigenvalue weighted by molar-refractivity contribution is 0.209. The third-order valence-corrected chi connectivity index (χ3v) is 3.70. The Labute approximate surface area is 119 Å². The van der Waals surface area contributed by atoms with Gasteiger partial charge in [0, 0.05) is 11.1 Å². The summed E-state index contributed by atoms with van der Waals surface area (Å²) in [4.78, 5) is 17.0. The van der Waals surface area contributed by atoms with Crippen molar-refractivity contribution in [3.63, 3.8) is 0 Å². The molecule has 3 rings (SSSR count). The minimum absolute atomic E-state index is 0.318. The van der Waals surface area contributed by atoms with E-state index in [4.69, 9.17) is 5.11 Å². The number of nitrogens with one attached hydrogen (secondary N) is 1. The maximum absolute atomic E-state index is 10.7. The average Bonchev–Trinajstić information content (AvgIpc) is 2.82. The number of nitrogens with zero attached hydrogens (tertiary/aromatic N) is 2. The number of hydrogen-bond acceptors (Lipinski definition) is 3. The number of rotatable bonds is 3. The van der Waals surface area contributed by atoms with E-state index in [2.05, 4.69) is 10.3 Å². The van der Waals surface area contributed by atoms with Crippen molar-refractivity contribution in [3.05, 3.63) is 54.9 Å². The Morgan fingerprint density at radius 1 is 1.20 bits per heavy atom. The lowest BCUT2D eigenvalue weighted by atomic mass is 10.4. The summed E-state index contributed by atoms with van der Waals surface area (Å²) in [5.41, 5.74) is 0.727. The van der Waals surface area contributed by atoms with Gasteiger partial charge in [0.15, 0.2) is 11.5 Å². The summed E-state index contributed by atoms with van der Waals surface area (Å²) in [6, 6.07) is 13.8. The Morgan fingerprint density at radius 2 is 2.00 bits per heavy atom. The summed E-state index contributed by atoms with van der Waals surface area (Å²) in [5.74, 6) is 0.318. The Kier molecular flexibility index (Phi) is 3.30. The fourth-order valence-corrected chi connectivity index (χ4v) is 2.79. The largest absolute Gasteiger partial charge is 0.465 e. The zero-order valence-corrected chi connectivity index (χ0v) is 11.2. The van der Waals surface area contributed by atoms with Crippen LogP contribution >= 0.6 is 11.8 Å². The van der Waals surface area contributed by atoms with Crippen molar-refractivity contribution < 1.29 is 9.90 Å². The molecule has 2 heterocycles. The first-order valence-electron chi connectivity index (χ1n) is 5.93. The maximum atomic E-state index is 10.7. The lowest BCUT2D eigenvalue weighted by Crippen LogP contribution is -2.07. The van der Waals surface area contributed by atoms with Crippen LogP contribution in [0.1, 0.15) is 0 Å². The molecule has 0 saturated carbocycles.